The van der Waals surface area contributed by atoms with Crippen molar-refractivity contribution in [3.63, 3.8) is 0 Å². The van der Waals surface area contributed by atoms with Crippen molar-refractivity contribution in [2.24, 2.45) is 0 Å². The lowest BCUT2D eigenvalue weighted by Crippen LogP contribution is -2.24. The van der Waals surface area contributed by atoms with Gasteiger partial charge in [-0.3, -0.25) is 0 Å². The lowest BCUT2D eigenvalue weighted by Gasteiger charge is -2.19. The van der Waals surface area contributed by atoms with Gasteiger partial charge >= 0.3 is 0 Å². The molecule has 0 N–H and O–H groups in total. The molecule has 0 radical (unpaired) electrons. The molecule has 0 saturated carbocycles. The molecule has 30 valence electrons. The fraction of sp³-hybridized carbons (Fsp3) is 1.00. The van der Waals surface area contributed by atoms with Gasteiger partial charge in [-0.25, -0.2) is 0 Å². The Balaban J connectivity index is 2.08. The van der Waals surface area contributed by atoms with Gasteiger partial charge in [0.25, 0.3) is 0 Å². The highest BCUT2D eigenvalue weighted by Gasteiger charge is 2.12. The van der Waals surface area contributed by atoms with E-state index >= 15 is 0 Å². The molecule has 0 aromatic heterocycles. The summed E-state index contributed by atoms with van der Waals surface area (Å²) in [5.41, 5.74) is 0. The van der Waals surface area contributed by atoms with Crippen molar-refractivity contribution in [2.45, 2.75) is 5.75 Å². The molecule has 5 heavy (non-hydrogen) atoms. The van der Waals surface area contributed by atoms with Gasteiger partial charge in [-0.2, -0.15) is 0 Å². The van der Waals surface area contributed by atoms with E-state index in [1.54, 1.807) is 0 Å². The first-order chi connectivity index (χ1) is 2.39. The number of hydrogen-bond donors (Lipinski definition) is 0. The molecule has 1 aliphatic heterocycles. The topological polar surface area (TPSA) is 18.5 Å². The zero-order valence-electron chi connectivity index (χ0n) is 2.48. The lowest BCUT2D eigenvalue weighted by molar-refractivity contribution is -0.277. The molecule has 1 rings (SSSR count). The number of halogens is 1. The minimum Gasteiger partial charge on any atom is -0.313 e. The van der Waals surface area contributed by atoms with Crippen LogP contribution < -0.4 is 0 Å². The summed E-state index contributed by atoms with van der Waals surface area (Å²) in [6, 6.07) is 0. The second-order valence-electron chi connectivity index (χ2n) is 0.726. The van der Waals surface area contributed by atoms with Gasteiger partial charge in [0.2, 0.25) is 5.75 Å². The van der Waals surface area contributed by atoms with Gasteiger partial charge in [0.1, 0.15) is 0 Å². The van der Waals surface area contributed by atoms with Crippen LogP contribution in [0.3, 0.4) is 0 Å². The first kappa shape index (κ1) is 3.40. The summed E-state index contributed by atoms with van der Waals surface area (Å²) in [5, 5.41) is 0. The molecule has 0 aromatic rings. The quantitative estimate of drug-likeness (QED) is 0.407. The second kappa shape index (κ2) is 1.12. The van der Waals surface area contributed by atoms with Crippen molar-refractivity contribution in [1.82, 2.24) is 0 Å². The van der Waals surface area contributed by atoms with E-state index < -0.39 is 5.75 Å². The molecule has 0 spiro atoms. The van der Waals surface area contributed by atoms with Crippen LogP contribution in [0.15, 0.2) is 0 Å². The van der Waals surface area contributed by atoms with Crippen molar-refractivity contribution in [2.75, 3.05) is 6.79 Å². The largest absolute Gasteiger partial charge is 0.313 e. The molecule has 1 aliphatic rings. The van der Waals surface area contributed by atoms with Crippen LogP contribution in [0.2, 0.25) is 0 Å². The fourth-order valence-corrected chi connectivity index (χ4v) is 0.222. The third-order valence-electron chi connectivity index (χ3n) is 0.398. The summed E-state index contributed by atoms with van der Waals surface area (Å²) in [5.74, 6) is -0.463. The Labute approximate surface area is 34.6 Å². The maximum atomic E-state index is 5.10. The summed E-state index contributed by atoms with van der Waals surface area (Å²) in [4.78, 5) is 0. The molecule has 0 amide bonds. The van der Waals surface area contributed by atoms with Crippen LogP contribution in [0, 0.1) is 0 Å². The van der Waals surface area contributed by atoms with E-state index in [2.05, 4.69) is 9.47 Å². The van der Waals surface area contributed by atoms with E-state index in [0.717, 1.165) is 0 Å². The first-order valence-electron chi connectivity index (χ1n) is 1.27. The average molecular weight is 94.5 g/mol. The zero-order chi connectivity index (χ0) is 3.70. The summed E-state index contributed by atoms with van der Waals surface area (Å²) < 4.78 is 8.95. The summed E-state index contributed by atoms with van der Waals surface area (Å²) in [7, 11) is 0. The van der Waals surface area contributed by atoms with Crippen LogP contribution >= 0.6 is 11.6 Å². The monoisotopic (exact) mass is 94.0 g/mol. The maximum absolute atomic E-state index is 5.10. The predicted octanol–water partition coefficient (Wildman–Crippen LogP) is 0.513. The zero-order valence-corrected chi connectivity index (χ0v) is 3.23. The highest BCUT2D eigenvalue weighted by atomic mass is 35.5. The normalized spacial score (nSPS) is 25.8. The van der Waals surface area contributed by atoms with Crippen molar-refractivity contribution in [3.8, 4) is 0 Å². The highest BCUT2D eigenvalue weighted by Crippen LogP contribution is 2.08. The molecule has 1 heterocycles. The van der Waals surface area contributed by atoms with Gasteiger partial charge in [0.15, 0.2) is 6.79 Å². The molecule has 2 nitrogen and oxygen atoms in total. The van der Waals surface area contributed by atoms with Gasteiger partial charge in [0.05, 0.1) is 0 Å². The van der Waals surface area contributed by atoms with E-state index in [4.69, 9.17) is 11.6 Å². The standard InChI is InChI=1S/C2H3ClO2/c3-2-4-1-5-2/h2H,1H2. The van der Waals surface area contributed by atoms with Gasteiger partial charge in [-0.15, -0.1) is 0 Å². The molecule has 0 unspecified atom stereocenters. The highest BCUT2D eigenvalue weighted by molar-refractivity contribution is 6.19. The van der Waals surface area contributed by atoms with E-state index in [0.29, 0.717) is 6.79 Å². The molecule has 0 atom stereocenters. The Morgan fingerprint density at radius 1 is 1.60 bits per heavy atom. The molecular formula is C2H3ClO2. The molecule has 1 fully saturated rings. The second-order valence-corrected chi connectivity index (χ2v) is 1.08. The summed E-state index contributed by atoms with van der Waals surface area (Å²) in [6.45, 7) is 0.355. The van der Waals surface area contributed by atoms with Gasteiger partial charge < -0.3 is 9.47 Å². The minimum atomic E-state index is -0.463. The van der Waals surface area contributed by atoms with Crippen molar-refractivity contribution < 1.29 is 9.47 Å². The predicted molar refractivity (Wildman–Crippen MR) is 16.7 cm³/mol. The van der Waals surface area contributed by atoms with E-state index in [-0.39, 0.29) is 0 Å². The SMILES string of the molecule is ClC1OCO1. The summed E-state index contributed by atoms with van der Waals surface area (Å²) in [6.07, 6.45) is 0. The molecule has 3 heteroatoms. The van der Waals surface area contributed by atoms with Crippen molar-refractivity contribution in [3.05, 3.63) is 0 Å². The van der Waals surface area contributed by atoms with Crippen LogP contribution in [0.5, 0.6) is 0 Å². The average Bonchev–Trinajstić information content (AvgIpc) is 1.30. The molecule has 0 aliphatic carbocycles. The van der Waals surface area contributed by atoms with Crippen LogP contribution in [0.1, 0.15) is 0 Å². The van der Waals surface area contributed by atoms with E-state index in [1.807, 2.05) is 0 Å². The van der Waals surface area contributed by atoms with Crippen LogP contribution in [-0.4, -0.2) is 12.5 Å². The third kappa shape index (κ3) is 0.533. The number of ether oxygens (including phenoxy) is 2. The van der Waals surface area contributed by atoms with Gasteiger partial charge in [0, 0.05) is 0 Å². The van der Waals surface area contributed by atoms with Crippen molar-refractivity contribution >= 4 is 11.6 Å². The Morgan fingerprint density at radius 2 is 2.00 bits per heavy atom. The molecule has 0 aromatic carbocycles. The molecular weight excluding hydrogens is 91.5 g/mol. The Morgan fingerprint density at radius 3 is 2.00 bits per heavy atom. The summed E-state index contributed by atoms with van der Waals surface area (Å²) >= 11 is 5.10. The number of hydrogen-bond acceptors (Lipinski definition) is 2. The van der Waals surface area contributed by atoms with E-state index in [1.165, 1.54) is 0 Å². The Bertz CT molecular complexity index is 34.6. The van der Waals surface area contributed by atoms with E-state index in [9.17, 15) is 0 Å². The van der Waals surface area contributed by atoms with Gasteiger partial charge in [-0.1, -0.05) is 11.6 Å². The van der Waals surface area contributed by atoms with Crippen LogP contribution in [-0.2, 0) is 9.47 Å². The van der Waals surface area contributed by atoms with Crippen LogP contribution in [0.4, 0.5) is 0 Å². The minimum absolute atomic E-state index is 0.355. The Hall–Kier alpha value is 0.210. The lowest BCUT2D eigenvalue weighted by atomic mass is 11.2. The first-order valence-corrected chi connectivity index (χ1v) is 1.70. The third-order valence-corrected chi connectivity index (χ3v) is 0.650. The number of alkyl halides is 1. The molecule has 0 bridgehead atoms. The Kier molecular flexibility index (Phi) is 0.765. The molecule has 1 saturated heterocycles. The van der Waals surface area contributed by atoms with Gasteiger partial charge in [-0.05, 0) is 0 Å². The maximum Gasteiger partial charge on any atom is 0.241 e. The number of rotatable bonds is 0. The van der Waals surface area contributed by atoms with Crippen LogP contribution in [0.25, 0.3) is 0 Å². The fourth-order valence-electron chi connectivity index (χ4n) is 0.119. The smallest absolute Gasteiger partial charge is 0.241 e. The van der Waals surface area contributed by atoms with Crippen molar-refractivity contribution in [1.29, 1.82) is 0 Å².